The standard InChI is InChI=1S/C20H22FN3O4S/c1-15(25)16-5-7-19(8-6-16)29(27,28)24-11-9-23(10-12-24)14-20(26)22-18-4-2-3-17(21)13-18/h2-8,13H,9-12,14H2,1H3,(H,22,26). The first-order valence-electron chi connectivity index (χ1n) is 9.14. The van der Waals surface area contributed by atoms with Crippen LogP contribution in [0.15, 0.2) is 53.4 Å². The molecule has 0 radical (unpaired) electrons. The molecule has 1 aliphatic heterocycles. The zero-order chi connectivity index (χ0) is 21.0. The molecule has 3 rings (SSSR count). The molecule has 0 bridgehead atoms. The topological polar surface area (TPSA) is 86.8 Å². The molecule has 2 aromatic rings. The highest BCUT2D eigenvalue weighted by molar-refractivity contribution is 7.89. The van der Waals surface area contributed by atoms with Crippen LogP contribution >= 0.6 is 0 Å². The SMILES string of the molecule is CC(=O)c1ccc(S(=O)(=O)N2CCN(CC(=O)Nc3cccc(F)c3)CC2)cc1. The molecular formula is C20H22FN3O4S. The van der Waals surface area contributed by atoms with E-state index in [1.165, 1.54) is 53.7 Å². The zero-order valence-electron chi connectivity index (χ0n) is 16.0. The summed E-state index contributed by atoms with van der Waals surface area (Å²) in [6, 6.07) is 11.5. The molecule has 0 aliphatic carbocycles. The first kappa shape index (κ1) is 21.1. The summed E-state index contributed by atoms with van der Waals surface area (Å²) in [5.74, 6) is -0.844. The number of nitrogens with zero attached hydrogens (tertiary/aromatic N) is 2. The summed E-state index contributed by atoms with van der Waals surface area (Å²) in [4.78, 5) is 25.5. The van der Waals surface area contributed by atoms with Crippen LogP contribution in [0.25, 0.3) is 0 Å². The lowest BCUT2D eigenvalue weighted by atomic mass is 10.2. The normalized spacial score (nSPS) is 15.8. The van der Waals surface area contributed by atoms with Crippen molar-refractivity contribution in [3.63, 3.8) is 0 Å². The Hall–Kier alpha value is -2.62. The molecule has 1 N–H and O–H groups in total. The lowest BCUT2D eigenvalue weighted by molar-refractivity contribution is -0.117. The van der Waals surface area contributed by atoms with Crippen LogP contribution in [-0.2, 0) is 14.8 Å². The van der Waals surface area contributed by atoms with Crippen molar-refractivity contribution in [1.29, 1.82) is 0 Å². The lowest BCUT2D eigenvalue weighted by Crippen LogP contribution is -2.50. The van der Waals surface area contributed by atoms with Crippen molar-refractivity contribution >= 4 is 27.4 Å². The second-order valence-corrected chi connectivity index (χ2v) is 8.76. The number of rotatable bonds is 6. The average Bonchev–Trinajstić information content (AvgIpc) is 2.68. The summed E-state index contributed by atoms with van der Waals surface area (Å²) in [5.41, 5.74) is 0.836. The molecule has 154 valence electrons. The van der Waals surface area contributed by atoms with Gasteiger partial charge in [0.05, 0.1) is 11.4 Å². The molecule has 1 saturated heterocycles. The Morgan fingerprint density at radius 1 is 1.03 bits per heavy atom. The van der Waals surface area contributed by atoms with Crippen LogP contribution in [0.3, 0.4) is 0 Å². The average molecular weight is 419 g/mol. The number of carbonyl (C=O) groups excluding carboxylic acids is 2. The van der Waals surface area contributed by atoms with Crippen molar-refractivity contribution in [2.24, 2.45) is 0 Å². The van der Waals surface area contributed by atoms with E-state index < -0.39 is 15.8 Å². The number of amides is 1. The van der Waals surface area contributed by atoms with Crippen molar-refractivity contribution in [1.82, 2.24) is 9.21 Å². The number of Topliss-reactive ketones (excluding diaryl/α,β-unsaturated/α-hetero) is 1. The van der Waals surface area contributed by atoms with Gasteiger partial charge in [0.2, 0.25) is 15.9 Å². The Labute approximate surface area is 169 Å². The van der Waals surface area contributed by atoms with Gasteiger partial charge in [0.15, 0.2) is 5.78 Å². The Balaban J connectivity index is 1.55. The Kier molecular flexibility index (Phi) is 6.41. The van der Waals surface area contributed by atoms with Crippen LogP contribution in [0.4, 0.5) is 10.1 Å². The third-order valence-electron chi connectivity index (χ3n) is 4.71. The molecule has 0 aromatic heterocycles. The third kappa shape index (κ3) is 5.26. The maximum absolute atomic E-state index is 13.2. The lowest BCUT2D eigenvalue weighted by Gasteiger charge is -2.33. The Morgan fingerprint density at radius 2 is 1.69 bits per heavy atom. The molecule has 7 nitrogen and oxygen atoms in total. The van der Waals surface area contributed by atoms with E-state index in [2.05, 4.69) is 5.32 Å². The van der Waals surface area contributed by atoms with Crippen molar-refractivity contribution in [3.05, 3.63) is 59.9 Å². The molecule has 29 heavy (non-hydrogen) atoms. The van der Waals surface area contributed by atoms with E-state index in [0.29, 0.717) is 24.3 Å². The van der Waals surface area contributed by atoms with Gasteiger partial charge in [0.1, 0.15) is 5.82 Å². The molecule has 0 saturated carbocycles. The molecule has 1 fully saturated rings. The van der Waals surface area contributed by atoms with Crippen molar-refractivity contribution in [3.8, 4) is 0 Å². The Bertz CT molecular complexity index is 1000. The van der Waals surface area contributed by atoms with Gasteiger partial charge in [-0.3, -0.25) is 14.5 Å². The number of ketones is 1. The molecule has 2 aromatic carbocycles. The van der Waals surface area contributed by atoms with E-state index in [1.807, 2.05) is 4.90 Å². The van der Waals surface area contributed by atoms with E-state index >= 15 is 0 Å². The summed E-state index contributed by atoms with van der Waals surface area (Å²) in [6.07, 6.45) is 0. The third-order valence-corrected chi connectivity index (χ3v) is 6.62. The number of hydrogen-bond donors (Lipinski definition) is 1. The minimum absolute atomic E-state index is 0.0949. The van der Waals surface area contributed by atoms with Crippen LogP contribution in [-0.4, -0.2) is 62.0 Å². The highest BCUT2D eigenvalue weighted by Gasteiger charge is 2.29. The van der Waals surface area contributed by atoms with Gasteiger partial charge in [-0.05, 0) is 37.3 Å². The van der Waals surface area contributed by atoms with E-state index in [4.69, 9.17) is 0 Å². The second-order valence-electron chi connectivity index (χ2n) is 6.82. The number of nitrogens with one attached hydrogen (secondary N) is 1. The predicted molar refractivity (Wildman–Crippen MR) is 107 cm³/mol. The highest BCUT2D eigenvalue weighted by Crippen LogP contribution is 2.18. The summed E-state index contributed by atoms with van der Waals surface area (Å²) < 4.78 is 40.1. The number of hydrogen-bond acceptors (Lipinski definition) is 5. The van der Waals surface area contributed by atoms with E-state index in [0.717, 1.165) is 0 Å². The maximum atomic E-state index is 13.2. The summed E-state index contributed by atoms with van der Waals surface area (Å²) in [7, 11) is -3.66. The monoisotopic (exact) mass is 419 g/mol. The van der Waals surface area contributed by atoms with Gasteiger partial charge < -0.3 is 5.32 Å². The molecular weight excluding hydrogens is 397 g/mol. The summed E-state index contributed by atoms with van der Waals surface area (Å²) in [6.45, 7) is 2.83. The van der Waals surface area contributed by atoms with Crippen LogP contribution in [0.5, 0.6) is 0 Å². The highest BCUT2D eigenvalue weighted by atomic mass is 32.2. The Morgan fingerprint density at radius 3 is 2.28 bits per heavy atom. The fourth-order valence-electron chi connectivity index (χ4n) is 3.11. The van der Waals surface area contributed by atoms with Crippen molar-refractivity contribution < 1.29 is 22.4 Å². The molecule has 1 aliphatic rings. The largest absolute Gasteiger partial charge is 0.325 e. The summed E-state index contributed by atoms with van der Waals surface area (Å²) in [5, 5.41) is 2.63. The molecule has 1 heterocycles. The minimum Gasteiger partial charge on any atom is -0.325 e. The fourth-order valence-corrected chi connectivity index (χ4v) is 4.53. The van der Waals surface area contributed by atoms with Crippen LogP contribution < -0.4 is 5.32 Å². The minimum atomic E-state index is -3.66. The van der Waals surface area contributed by atoms with Crippen LogP contribution in [0, 0.1) is 5.82 Å². The number of sulfonamides is 1. The maximum Gasteiger partial charge on any atom is 0.243 e. The number of piperazine rings is 1. The van der Waals surface area contributed by atoms with Crippen molar-refractivity contribution in [2.45, 2.75) is 11.8 Å². The van der Waals surface area contributed by atoms with Gasteiger partial charge in [-0.1, -0.05) is 18.2 Å². The predicted octanol–water partition coefficient (Wildman–Crippen LogP) is 1.97. The van der Waals surface area contributed by atoms with Gasteiger partial charge >= 0.3 is 0 Å². The molecule has 9 heteroatoms. The number of anilines is 1. The summed E-state index contributed by atoms with van der Waals surface area (Å²) >= 11 is 0. The van der Waals surface area contributed by atoms with Crippen LogP contribution in [0.2, 0.25) is 0 Å². The smallest absolute Gasteiger partial charge is 0.243 e. The zero-order valence-corrected chi connectivity index (χ0v) is 16.8. The number of halogens is 1. The first-order valence-corrected chi connectivity index (χ1v) is 10.6. The van der Waals surface area contributed by atoms with E-state index in [-0.39, 0.29) is 36.2 Å². The van der Waals surface area contributed by atoms with E-state index in [9.17, 15) is 22.4 Å². The second kappa shape index (κ2) is 8.81. The van der Waals surface area contributed by atoms with Gasteiger partial charge in [-0.15, -0.1) is 0 Å². The molecule has 1 amide bonds. The van der Waals surface area contributed by atoms with E-state index in [1.54, 1.807) is 6.07 Å². The van der Waals surface area contributed by atoms with Gasteiger partial charge in [-0.2, -0.15) is 4.31 Å². The fraction of sp³-hybridized carbons (Fsp3) is 0.300. The number of benzene rings is 2. The van der Waals surface area contributed by atoms with Gasteiger partial charge in [-0.25, -0.2) is 12.8 Å². The van der Waals surface area contributed by atoms with Crippen molar-refractivity contribution in [2.75, 3.05) is 38.0 Å². The molecule has 0 unspecified atom stereocenters. The van der Waals surface area contributed by atoms with Crippen LogP contribution in [0.1, 0.15) is 17.3 Å². The molecule has 0 atom stereocenters. The van der Waals surface area contributed by atoms with Gasteiger partial charge in [0.25, 0.3) is 0 Å². The first-order chi connectivity index (χ1) is 13.8. The van der Waals surface area contributed by atoms with Gasteiger partial charge in [0, 0.05) is 37.4 Å². The quantitative estimate of drug-likeness (QED) is 0.724. The molecule has 0 spiro atoms. The number of carbonyl (C=O) groups is 2.